The lowest BCUT2D eigenvalue weighted by Gasteiger charge is -2.37. The minimum atomic E-state index is 0.445. The van der Waals surface area contributed by atoms with E-state index in [0.717, 1.165) is 94.3 Å². The Morgan fingerprint density at radius 3 is 0.770 bits per heavy atom. The van der Waals surface area contributed by atoms with Crippen LogP contribution in [0, 0.1) is 79.3 Å². The zero-order valence-electron chi connectivity index (χ0n) is 45.7. The molecule has 4 heterocycles. The zero-order valence-corrected chi connectivity index (χ0v) is 45.7. The lowest BCUT2D eigenvalue weighted by molar-refractivity contribution is -0.0821. The summed E-state index contributed by atoms with van der Waals surface area (Å²) in [5.41, 5.74) is 3.63. The first-order valence-corrected chi connectivity index (χ1v) is 26.0. The van der Waals surface area contributed by atoms with Crippen LogP contribution in [-0.4, -0.2) is 52.9 Å². The maximum Gasteiger partial charge on any atom is 0.0521 e. The second-order valence-electron chi connectivity index (χ2n) is 28.5. The van der Waals surface area contributed by atoms with Crippen molar-refractivity contribution in [2.24, 2.45) is 79.3 Å². The van der Waals surface area contributed by atoms with E-state index in [1.165, 1.54) is 89.9 Å². The Hall–Kier alpha value is -0.160. The highest BCUT2D eigenvalue weighted by Crippen LogP contribution is 2.44. The van der Waals surface area contributed by atoms with E-state index in [1.807, 2.05) is 0 Å². The summed E-state index contributed by atoms with van der Waals surface area (Å²) in [6, 6.07) is 0. The molecule has 4 aliphatic heterocycles. The Kier molecular flexibility index (Phi) is 25.3. The van der Waals surface area contributed by atoms with Gasteiger partial charge in [0.2, 0.25) is 0 Å². The van der Waals surface area contributed by atoms with Gasteiger partial charge in [0.1, 0.15) is 0 Å². The summed E-state index contributed by atoms with van der Waals surface area (Å²) < 4.78 is 20.8. The molecule has 7 fully saturated rings. The van der Waals surface area contributed by atoms with Gasteiger partial charge >= 0.3 is 0 Å². The first-order chi connectivity index (χ1) is 27.7. The highest BCUT2D eigenvalue weighted by atomic mass is 16.5. The predicted molar refractivity (Wildman–Crippen MR) is 269 cm³/mol. The SMILES string of the molecule is CC(C)(C)C1CC1.CC(C)(C)C1CCCCC1.CC(C)(C)C1CCCOC1.CC(C)(C)C1CCOC1.CC(C)(C)C1COC1.CC(C)(C)CC1CC1.CC(C)(C)CC1COC1. The van der Waals surface area contributed by atoms with E-state index in [2.05, 4.69) is 145 Å². The van der Waals surface area contributed by atoms with Crippen molar-refractivity contribution >= 4 is 0 Å². The van der Waals surface area contributed by atoms with E-state index < -0.39 is 0 Å². The van der Waals surface area contributed by atoms with Crippen LogP contribution < -0.4 is 0 Å². The Labute approximate surface area is 385 Å². The third-order valence-electron chi connectivity index (χ3n) is 14.2. The minimum Gasteiger partial charge on any atom is -0.381 e. The average Bonchev–Trinajstić information content (AvgIpc) is 4.00. The van der Waals surface area contributed by atoms with Crippen molar-refractivity contribution in [1.29, 1.82) is 0 Å². The Bertz CT molecular complexity index is 1050. The molecule has 3 aliphatic carbocycles. The second-order valence-corrected chi connectivity index (χ2v) is 28.5. The Morgan fingerprint density at radius 1 is 0.279 bits per heavy atom. The summed E-state index contributed by atoms with van der Waals surface area (Å²) in [5.74, 6) is 6.37. The number of hydrogen-bond donors (Lipinski definition) is 0. The smallest absolute Gasteiger partial charge is 0.0521 e. The molecule has 7 aliphatic rings. The topological polar surface area (TPSA) is 36.9 Å². The van der Waals surface area contributed by atoms with Gasteiger partial charge in [-0.05, 0) is 125 Å². The lowest BCUT2D eigenvalue weighted by atomic mass is 9.72. The van der Waals surface area contributed by atoms with Gasteiger partial charge in [0.05, 0.1) is 26.4 Å². The highest BCUT2D eigenvalue weighted by Gasteiger charge is 2.34. The molecule has 366 valence electrons. The van der Waals surface area contributed by atoms with Gasteiger partial charge in [-0.15, -0.1) is 0 Å². The molecule has 0 aromatic heterocycles. The van der Waals surface area contributed by atoms with Crippen LogP contribution in [0.2, 0.25) is 0 Å². The van der Waals surface area contributed by atoms with E-state index in [4.69, 9.17) is 18.9 Å². The summed E-state index contributed by atoms with van der Waals surface area (Å²) >= 11 is 0. The molecule has 4 saturated heterocycles. The number of hydrogen-bond acceptors (Lipinski definition) is 4. The summed E-state index contributed by atoms with van der Waals surface area (Å²) in [6.45, 7) is 56.3. The summed E-state index contributed by atoms with van der Waals surface area (Å²) in [4.78, 5) is 0. The fraction of sp³-hybridized carbons (Fsp3) is 1.00. The molecule has 3 saturated carbocycles. The molecule has 4 heteroatoms. The van der Waals surface area contributed by atoms with Crippen LogP contribution in [0.1, 0.15) is 235 Å². The molecule has 2 unspecified atom stereocenters. The van der Waals surface area contributed by atoms with Crippen molar-refractivity contribution in [2.75, 3.05) is 52.9 Å². The molecule has 0 amide bonds. The van der Waals surface area contributed by atoms with E-state index >= 15 is 0 Å². The van der Waals surface area contributed by atoms with Crippen LogP contribution in [-0.2, 0) is 18.9 Å². The van der Waals surface area contributed by atoms with Gasteiger partial charge in [-0.2, -0.15) is 0 Å². The van der Waals surface area contributed by atoms with Gasteiger partial charge in [-0.3, -0.25) is 0 Å². The summed E-state index contributed by atoms with van der Waals surface area (Å²) in [5, 5.41) is 0. The Balaban J connectivity index is 0.000000357. The van der Waals surface area contributed by atoms with Crippen LogP contribution in [0.15, 0.2) is 0 Å². The van der Waals surface area contributed by atoms with Gasteiger partial charge in [0.15, 0.2) is 0 Å². The Morgan fingerprint density at radius 2 is 0.623 bits per heavy atom. The van der Waals surface area contributed by atoms with Gasteiger partial charge in [0.25, 0.3) is 0 Å². The monoisotopic (exact) mass is 863 g/mol. The van der Waals surface area contributed by atoms with E-state index in [0.29, 0.717) is 37.9 Å². The van der Waals surface area contributed by atoms with Crippen molar-refractivity contribution in [2.45, 2.75) is 235 Å². The van der Waals surface area contributed by atoms with Gasteiger partial charge < -0.3 is 18.9 Å². The first-order valence-electron chi connectivity index (χ1n) is 26.0. The summed E-state index contributed by atoms with van der Waals surface area (Å²) in [7, 11) is 0. The minimum absolute atomic E-state index is 0.445. The molecule has 7 rings (SSSR count). The van der Waals surface area contributed by atoms with E-state index in [9.17, 15) is 0 Å². The van der Waals surface area contributed by atoms with Crippen molar-refractivity contribution in [1.82, 2.24) is 0 Å². The predicted octanol–water partition coefficient (Wildman–Crippen LogP) is 17.2. The number of ether oxygens (including phenoxy) is 4. The third kappa shape index (κ3) is 30.6. The van der Waals surface area contributed by atoms with Crippen LogP contribution in [0.4, 0.5) is 0 Å². The second kappa shape index (κ2) is 26.2. The van der Waals surface area contributed by atoms with E-state index in [1.54, 1.807) is 0 Å². The van der Waals surface area contributed by atoms with Crippen LogP contribution in [0.3, 0.4) is 0 Å². The van der Waals surface area contributed by atoms with Crippen LogP contribution in [0.25, 0.3) is 0 Å². The molecular formula is C57H114O4. The lowest BCUT2D eigenvalue weighted by Crippen LogP contribution is -2.37. The standard InChI is InChI=1S/C10H20.C9H18O.2C8H16O.C8H16.C7H14O.C7H14/c1-10(2,3)9-7-5-4-6-8-9;1-9(2,3)8-5-4-6-10-7-8;1-8(2,3)4-7-5-9-6-7;1-8(2,3)7-4-5-9-6-7;1-8(2,3)6-7-4-5-7;1-7(2,3)6-4-8-5-6;1-7(2,3)6-4-5-6/h9H,4-8H2,1-3H3;8H,4-7H2,1-3H3;2*7H,4-6H2,1-3H3;7H,4-6H2,1-3H3;6H,4-5H2,1-3H3;6H,4-5H2,1-3H3. The molecule has 0 radical (unpaired) electrons. The molecule has 0 N–H and O–H groups in total. The van der Waals surface area contributed by atoms with Gasteiger partial charge in [-0.25, -0.2) is 0 Å². The molecular weight excluding hydrogens is 749 g/mol. The maximum absolute atomic E-state index is 5.41. The zero-order chi connectivity index (χ0) is 46.9. The largest absolute Gasteiger partial charge is 0.381 e. The molecule has 0 aromatic carbocycles. The van der Waals surface area contributed by atoms with E-state index in [-0.39, 0.29) is 0 Å². The normalized spacial score (nSPS) is 24.3. The molecule has 4 nitrogen and oxygen atoms in total. The average molecular weight is 864 g/mol. The molecule has 0 bridgehead atoms. The van der Waals surface area contributed by atoms with Gasteiger partial charge in [0, 0.05) is 38.3 Å². The van der Waals surface area contributed by atoms with Crippen LogP contribution >= 0.6 is 0 Å². The number of rotatable bonds is 2. The quantitative estimate of drug-likeness (QED) is 0.277. The van der Waals surface area contributed by atoms with Crippen molar-refractivity contribution in [3.63, 3.8) is 0 Å². The molecule has 0 spiro atoms. The summed E-state index contributed by atoms with van der Waals surface area (Å²) in [6.07, 6.45) is 19.9. The molecule has 2 atom stereocenters. The highest BCUT2D eigenvalue weighted by molar-refractivity contribution is 4.84. The first kappa shape index (κ1) is 58.9. The van der Waals surface area contributed by atoms with Gasteiger partial charge in [-0.1, -0.05) is 178 Å². The fourth-order valence-corrected chi connectivity index (χ4v) is 8.75. The third-order valence-corrected chi connectivity index (χ3v) is 14.2. The van der Waals surface area contributed by atoms with Crippen molar-refractivity contribution in [3.05, 3.63) is 0 Å². The van der Waals surface area contributed by atoms with Crippen molar-refractivity contribution in [3.8, 4) is 0 Å². The molecule has 0 aromatic rings. The van der Waals surface area contributed by atoms with Crippen molar-refractivity contribution < 1.29 is 18.9 Å². The fourth-order valence-electron chi connectivity index (χ4n) is 8.75. The maximum atomic E-state index is 5.41. The van der Waals surface area contributed by atoms with Crippen LogP contribution in [0.5, 0.6) is 0 Å². The molecule has 61 heavy (non-hydrogen) atoms.